The van der Waals surface area contributed by atoms with Crippen molar-refractivity contribution in [1.29, 1.82) is 0 Å². The molecule has 0 radical (unpaired) electrons. The van der Waals surface area contributed by atoms with Gasteiger partial charge in [-0.25, -0.2) is 4.79 Å². The Morgan fingerprint density at radius 1 is 1.20 bits per heavy atom. The molecule has 3 nitrogen and oxygen atoms in total. The molecule has 2 amide bonds. The van der Waals surface area contributed by atoms with E-state index in [2.05, 4.69) is 48.3 Å². The fourth-order valence-corrected chi connectivity index (χ4v) is 3.17. The molecule has 1 N–H and O–H groups in total. The van der Waals surface area contributed by atoms with E-state index in [0.29, 0.717) is 12.0 Å². The Kier molecular flexibility index (Phi) is 3.68. The van der Waals surface area contributed by atoms with Crippen molar-refractivity contribution in [2.45, 2.75) is 51.6 Å². The number of carbonyl (C=O) groups is 1. The quantitative estimate of drug-likeness (QED) is 0.876. The number of benzene rings is 1. The van der Waals surface area contributed by atoms with Crippen LogP contribution in [0.3, 0.4) is 0 Å². The second-order valence-electron chi connectivity index (χ2n) is 6.39. The maximum absolute atomic E-state index is 12.5. The molecule has 1 aromatic rings. The van der Waals surface area contributed by atoms with Crippen molar-refractivity contribution in [3.05, 3.63) is 35.4 Å². The normalized spacial score (nSPS) is 26.4. The minimum Gasteiger partial charge on any atom is -0.335 e. The molecule has 3 rings (SSSR count). The standard InChI is InChI=1S/C17H24N2O/c1-12-5-7-14(8-6-12)16-13(2)4-3-11-19(16)17(20)18-15-9-10-15/h5-8,13,15-16H,3-4,9-11H2,1-2H3,(H,18,20)/t13-,16+/m0/s1. The summed E-state index contributed by atoms with van der Waals surface area (Å²) in [6, 6.07) is 9.44. The molecular formula is C17H24N2O. The summed E-state index contributed by atoms with van der Waals surface area (Å²) >= 11 is 0. The summed E-state index contributed by atoms with van der Waals surface area (Å²) in [5, 5.41) is 3.14. The molecule has 1 heterocycles. The zero-order chi connectivity index (χ0) is 14.1. The van der Waals surface area contributed by atoms with Gasteiger partial charge in [-0.2, -0.15) is 0 Å². The molecule has 1 saturated heterocycles. The molecule has 0 spiro atoms. The van der Waals surface area contributed by atoms with Gasteiger partial charge in [-0.05, 0) is 44.1 Å². The number of likely N-dealkylation sites (tertiary alicyclic amines) is 1. The zero-order valence-corrected chi connectivity index (χ0v) is 12.4. The maximum Gasteiger partial charge on any atom is 0.318 e. The van der Waals surface area contributed by atoms with Crippen LogP contribution < -0.4 is 5.32 Å². The van der Waals surface area contributed by atoms with Crippen LogP contribution in [0, 0.1) is 12.8 Å². The number of urea groups is 1. The van der Waals surface area contributed by atoms with Gasteiger partial charge in [0.05, 0.1) is 6.04 Å². The second-order valence-corrected chi connectivity index (χ2v) is 6.39. The summed E-state index contributed by atoms with van der Waals surface area (Å²) in [5.41, 5.74) is 2.54. The Morgan fingerprint density at radius 3 is 2.55 bits per heavy atom. The summed E-state index contributed by atoms with van der Waals surface area (Å²) in [6.45, 7) is 5.24. The smallest absolute Gasteiger partial charge is 0.318 e. The number of hydrogen-bond donors (Lipinski definition) is 1. The largest absolute Gasteiger partial charge is 0.335 e. The van der Waals surface area contributed by atoms with Crippen molar-refractivity contribution < 1.29 is 4.79 Å². The summed E-state index contributed by atoms with van der Waals surface area (Å²) in [5.74, 6) is 0.524. The Bertz CT molecular complexity index is 478. The molecule has 0 aromatic heterocycles. The first-order valence-corrected chi connectivity index (χ1v) is 7.79. The van der Waals surface area contributed by atoms with Gasteiger partial charge in [0.15, 0.2) is 0 Å². The number of nitrogens with zero attached hydrogens (tertiary/aromatic N) is 1. The summed E-state index contributed by atoms with van der Waals surface area (Å²) < 4.78 is 0. The molecule has 0 bridgehead atoms. The van der Waals surface area contributed by atoms with Crippen molar-refractivity contribution in [1.82, 2.24) is 10.2 Å². The SMILES string of the molecule is Cc1ccc([C@H]2[C@@H](C)CCCN2C(=O)NC2CC2)cc1. The lowest BCUT2D eigenvalue weighted by Crippen LogP contribution is -2.47. The molecule has 0 unspecified atom stereocenters. The number of carbonyl (C=O) groups excluding carboxylic acids is 1. The first kappa shape index (κ1) is 13.5. The third-order valence-electron chi connectivity index (χ3n) is 4.52. The first-order valence-electron chi connectivity index (χ1n) is 7.79. The van der Waals surface area contributed by atoms with Crippen LogP contribution in [0.2, 0.25) is 0 Å². The predicted molar refractivity (Wildman–Crippen MR) is 80.6 cm³/mol. The third kappa shape index (κ3) is 2.82. The first-order chi connectivity index (χ1) is 9.65. The van der Waals surface area contributed by atoms with Gasteiger partial charge in [0.1, 0.15) is 0 Å². The van der Waals surface area contributed by atoms with Crippen molar-refractivity contribution in [2.24, 2.45) is 5.92 Å². The van der Waals surface area contributed by atoms with E-state index in [1.807, 2.05) is 0 Å². The average Bonchev–Trinajstić information content (AvgIpc) is 3.23. The highest BCUT2D eigenvalue weighted by atomic mass is 16.2. The average molecular weight is 272 g/mol. The van der Waals surface area contributed by atoms with Crippen molar-refractivity contribution in [2.75, 3.05) is 6.54 Å². The minimum absolute atomic E-state index is 0.129. The van der Waals surface area contributed by atoms with Crippen molar-refractivity contribution in [3.63, 3.8) is 0 Å². The van der Waals surface area contributed by atoms with E-state index in [9.17, 15) is 4.79 Å². The minimum atomic E-state index is 0.129. The predicted octanol–water partition coefficient (Wildman–Crippen LogP) is 3.64. The lowest BCUT2D eigenvalue weighted by Gasteiger charge is -2.40. The van der Waals surface area contributed by atoms with Crippen molar-refractivity contribution >= 4 is 6.03 Å². The summed E-state index contributed by atoms with van der Waals surface area (Å²) in [4.78, 5) is 14.5. The lowest BCUT2D eigenvalue weighted by molar-refractivity contribution is 0.119. The molecule has 2 aliphatic rings. The van der Waals surface area contributed by atoms with Crippen LogP contribution in [-0.2, 0) is 0 Å². The zero-order valence-electron chi connectivity index (χ0n) is 12.4. The summed E-state index contributed by atoms with van der Waals surface area (Å²) in [6.07, 6.45) is 4.60. The van der Waals surface area contributed by atoms with Crippen LogP contribution >= 0.6 is 0 Å². The van der Waals surface area contributed by atoms with E-state index in [-0.39, 0.29) is 12.1 Å². The number of rotatable bonds is 2. The molecule has 1 aromatic carbocycles. The van der Waals surface area contributed by atoms with Crippen LogP contribution in [0.25, 0.3) is 0 Å². The highest BCUT2D eigenvalue weighted by molar-refractivity contribution is 5.75. The van der Waals surface area contributed by atoms with Gasteiger partial charge in [-0.15, -0.1) is 0 Å². The number of nitrogens with one attached hydrogen (secondary N) is 1. The number of aryl methyl sites for hydroxylation is 1. The van der Waals surface area contributed by atoms with Crippen LogP contribution in [0.4, 0.5) is 4.79 Å². The molecule has 3 heteroatoms. The molecular weight excluding hydrogens is 248 g/mol. The Labute approximate surface area is 121 Å². The van der Waals surface area contributed by atoms with Gasteiger partial charge >= 0.3 is 6.03 Å². The topological polar surface area (TPSA) is 32.3 Å². The van der Waals surface area contributed by atoms with E-state index in [4.69, 9.17) is 0 Å². The molecule has 1 saturated carbocycles. The third-order valence-corrected chi connectivity index (χ3v) is 4.52. The van der Waals surface area contributed by atoms with Crippen LogP contribution in [0.1, 0.15) is 49.8 Å². The Balaban J connectivity index is 1.81. The van der Waals surface area contributed by atoms with Gasteiger partial charge < -0.3 is 10.2 Å². The van der Waals surface area contributed by atoms with E-state index < -0.39 is 0 Å². The van der Waals surface area contributed by atoms with Crippen LogP contribution in [0.5, 0.6) is 0 Å². The second kappa shape index (κ2) is 5.47. The number of hydrogen-bond acceptors (Lipinski definition) is 1. The monoisotopic (exact) mass is 272 g/mol. The van der Waals surface area contributed by atoms with E-state index in [0.717, 1.165) is 25.8 Å². The molecule has 1 aliphatic heterocycles. The molecule has 1 aliphatic carbocycles. The Morgan fingerprint density at radius 2 is 1.90 bits per heavy atom. The van der Waals surface area contributed by atoms with E-state index >= 15 is 0 Å². The molecule has 2 fully saturated rings. The Hall–Kier alpha value is -1.51. The van der Waals surface area contributed by atoms with Crippen LogP contribution in [-0.4, -0.2) is 23.5 Å². The van der Waals surface area contributed by atoms with Crippen LogP contribution in [0.15, 0.2) is 24.3 Å². The van der Waals surface area contributed by atoms with Gasteiger partial charge in [0, 0.05) is 12.6 Å². The van der Waals surface area contributed by atoms with E-state index in [1.54, 1.807) is 0 Å². The number of piperidine rings is 1. The fourth-order valence-electron chi connectivity index (χ4n) is 3.17. The van der Waals surface area contributed by atoms with Gasteiger partial charge in [0.25, 0.3) is 0 Å². The van der Waals surface area contributed by atoms with Gasteiger partial charge in [-0.1, -0.05) is 36.8 Å². The lowest BCUT2D eigenvalue weighted by atomic mass is 9.86. The van der Waals surface area contributed by atoms with Gasteiger partial charge in [0.2, 0.25) is 0 Å². The number of amides is 2. The molecule has 108 valence electrons. The fraction of sp³-hybridized carbons (Fsp3) is 0.588. The highest BCUT2D eigenvalue weighted by Gasteiger charge is 2.35. The summed E-state index contributed by atoms with van der Waals surface area (Å²) in [7, 11) is 0. The highest BCUT2D eigenvalue weighted by Crippen LogP contribution is 2.36. The molecule has 2 atom stereocenters. The van der Waals surface area contributed by atoms with E-state index in [1.165, 1.54) is 17.5 Å². The molecule has 20 heavy (non-hydrogen) atoms. The van der Waals surface area contributed by atoms with Crippen molar-refractivity contribution in [3.8, 4) is 0 Å². The van der Waals surface area contributed by atoms with Gasteiger partial charge in [-0.3, -0.25) is 0 Å². The maximum atomic E-state index is 12.5.